The molecule has 29 heavy (non-hydrogen) atoms. The fourth-order valence-corrected chi connectivity index (χ4v) is 2.60. The lowest BCUT2D eigenvalue weighted by atomic mass is 10.2. The number of benzene rings is 1. The van der Waals surface area contributed by atoms with Crippen molar-refractivity contribution in [3.8, 4) is 5.75 Å². The highest BCUT2D eigenvalue weighted by molar-refractivity contribution is 6.04. The molecule has 10 heteroatoms. The predicted octanol–water partition coefficient (Wildman–Crippen LogP) is 1.59. The smallest absolute Gasteiger partial charge is 0.319 e. The third-order valence-corrected chi connectivity index (χ3v) is 3.99. The summed E-state index contributed by atoms with van der Waals surface area (Å²) in [5.41, 5.74) is 6.92. The first kappa shape index (κ1) is 19.7. The first-order valence-electron chi connectivity index (χ1n) is 8.72. The maximum Gasteiger partial charge on any atom is 0.319 e. The number of fused-ring (bicyclic) bond motifs is 1. The number of nitrogens with zero attached hydrogens (tertiary/aromatic N) is 2. The van der Waals surface area contributed by atoms with E-state index in [1.165, 1.54) is 6.20 Å². The first-order valence-corrected chi connectivity index (χ1v) is 8.72. The van der Waals surface area contributed by atoms with Gasteiger partial charge in [0.2, 0.25) is 5.91 Å². The lowest BCUT2D eigenvalue weighted by Gasteiger charge is -2.10. The number of anilines is 2. The lowest BCUT2D eigenvalue weighted by molar-refractivity contribution is -0.117. The van der Waals surface area contributed by atoms with E-state index in [-0.39, 0.29) is 18.9 Å². The highest BCUT2D eigenvalue weighted by Crippen LogP contribution is 2.18. The molecule has 3 rings (SSSR count). The van der Waals surface area contributed by atoms with Crippen molar-refractivity contribution in [3.63, 3.8) is 0 Å². The molecule has 0 saturated carbocycles. The zero-order valence-electron chi connectivity index (χ0n) is 15.6. The lowest BCUT2D eigenvalue weighted by Crippen LogP contribution is -2.31. The number of urea groups is 1. The molecule has 0 aliphatic carbocycles. The minimum Gasteiger partial charge on any atom is -0.497 e. The Bertz CT molecular complexity index is 1060. The molecule has 5 N–H and O–H groups in total. The standard InChI is InChI=1S/C19H20N6O4/c1-29-14-6-8-25-15(11-22-17(25)10-14)18(27)23-12-3-2-4-13(9-12)24-19(28)21-7-5-16(20)26/h2-4,6,8-11H,5,7H2,1H3,(H2,20,26)(H,23,27)(H2,21,24,28). The summed E-state index contributed by atoms with van der Waals surface area (Å²) in [4.78, 5) is 39.4. The molecule has 0 saturated heterocycles. The summed E-state index contributed by atoms with van der Waals surface area (Å²) in [7, 11) is 1.56. The zero-order valence-corrected chi connectivity index (χ0v) is 15.6. The van der Waals surface area contributed by atoms with Crippen LogP contribution in [0.3, 0.4) is 0 Å². The third kappa shape index (κ3) is 5.01. The molecule has 1 aromatic carbocycles. The molecular weight excluding hydrogens is 376 g/mol. The van der Waals surface area contributed by atoms with Gasteiger partial charge in [-0.1, -0.05) is 6.07 Å². The first-order chi connectivity index (χ1) is 14.0. The highest BCUT2D eigenvalue weighted by atomic mass is 16.5. The molecule has 0 spiro atoms. The third-order valence-electron chi connectivity index (χ3n) is 3.99. The summed E-state index contributed by atoms with van der Waals surface area (Å²) in [5, 5.41) is 7.91. The van der Waals surface area contributed by atoms with Crippen molar-refractivity contribution in [1.82, 2.24) is 14.7 Å². The van der Waals surface area contributed by atoms with Gasteiger partial charge in [-0.25, -0.2) is 9.78 Å². The summed E-state index contributed by atoms with van der Waals surface area (Å²) in [5.74, 6) is -0.213. The average Bonchev–Trinajstić information content (AvgIpc) is 3.11. The molecule has 0 aliphatic heterocycles. The normalized spacial score (nSPS) is 10.4. The van der Waals surface area contributed by atoms with E-state index in [4.69, 9.17) is 10.5 Å². The van der Waals surface area contributed by atoms with Crippen LogP contribution in [0.2, 0.25) is 0 Å². The van der Waals surface area contributed by atoms with Gasteiger partial charge in [0.25, 0.3) is 5.91 Å². The van der Waals surface area contributed by atoms with Crippen LogP contribution in [0, 0.1) is 0 Å². The summed E-state index contributed by atoms with van der Waals surface area (Å²) >= 11 is 0. The Labute approximate surface area is 166 Å². The molecule has 2 heterocycles. The highest BCUT2D eigenvalue weighted by Gasteiger charge is 2.13. The van der Waals surface area contributed by atoms with E-state index in [1.807, 2.05) is 0 Å². The molecule has 0 fully saturated rings. The van der Waals surface area contributed by atoms with Crippen LogP contribution >= 0.6 is 0 Å². The molecule has 3 aromatic rings. The summed E-state index contributed by atoms with van der Waals surface area (Å²) in [6.45, 7) is 0.136. The Kier molecular flexibility index (Phi) is 5.93. The van der Waals surface area contributed by atoms with Gasteiger partial charge in [0, 0.05) is 36.6 Å². The molecule has 2 aromatic heterocycles. The molecule has 150 valence electrons. The molecule has 10 nitrogen and oxygen atoms in total. The topological polar surface area (TPSA) is 140 Å². The average molecular weight is 396 g/mol. The number of amides is 4. The van der Waals surface area contributed by atoms with Gasteiger partial charge in [-0.2, -0.15) is 0 Å². The van der Waals surface area contributed by atoms with Crippen molar-refractivity contribution in [3.05, 3.63) is 54.5 Å². The summed E-state index contributed by atoms with van der Waals surface area (Å²) < 4.78 is 6.80. The second kappa shape index (κ2) is 8.74. The van der Waals surface area contributed by atoms with Crippen molar-refractivity contribution in [2.24, 2.45) is 5.73 Å². The van der Waals surface area contributed by atoms with Gasteiger partial charge in [-0.15, -0.1) is 0 Å². The maximum absolute atomic E-state index is 12.6. The monoisotopic (exact) mass is 396 g/mol. The molecule has 0 atom stereocenters. The van der Waals surface area contributed by atoms with Gasteiger partial charge in [0.05, 0.1) is 13.3 Å². The SMILES string of the molecule is COc1ccn2c(C(=O)Nc3cccc(NC(=O)NCCC(N)=O)c3)cnc2c1. The van der Waals surface area contributed by atoms with Gasteiger partial charge in [0.15, 0.2) is 0 Å². The van der Waals surface area contributed by atoms with E-state index in [2.05, 4.69) is 20.9 Å². The number of carbonyl (C=O) groups is 3. The van der Waals surface area contributed by atoms with E-state index < -0.39 is 11.9 Å². The number of aromatic nitrogens is 2. The zero-order chi connectivity index (χ0) is 20.8. The second-order valence-corrected chi connectivity index (χ2v) is 6.07. The Morgan fingerprint density at radius 2 is 1.90 bits per heavy atom. The molecule has 0 radical (unpaired) electrons. The number of nitrogens with one attached hydrogen (secondary N) is 3. The molecule has 0 bridgehead atoms. The second-order valence-electron chi connectivity index (χ2n) is 6.07. The van der Waals surface area contributed by atoms with Crippen molar-refractivity contribution < 1.29 is 19.1 Å². The van der Waals surface area contributed by atoms with E-state index in [1.54, 1.807) is 54.1 Å². The minimum absolute atomic E-state index is 0.0503. The quantitative estimate of drug-likeness (QED) is 0.480. The minimum atomic E-state index is -0.499. The Balaban J connectivity index is 1.66. The number of carbonyl (C=O) groups excluding carboxylic acids is 3. The van der Waals surface area contributed by atoms with Gasteiger partial charge in [0.1, 0.15) is 17.1 Å². The number of hydrogen-bond acceptors (Lipinski definition) is 5. The molecule has 0 unspecified atom stereocenters. The van der Waals surface area contributed by atoms with Crippen molar-refractivity contribution in [2.75, 3.05) is 24.3 Å². The molecule has 4 amide bonds. The van der Waals surface area contributed by atoms with Crippen LogP contribution in [0.4, 0.5) is 16.2 Å². The molecular formula is C19H20N6O4. The van der Waals surface area contributed by atoms with Gasteiger partial charge >= 0.3 is 6.03 Å². The van der Waals surface area contributed by atoms with Gasteiger partial charge < -0.3 is 26.4 Å². The van der Waals surface area contributed by atoms with Crippen LogP contribution in [-0.4, -0.2) is 40.9 Å². The van der Waals surface area contributed by atoms with Crippen LogP contribution in [0.15, 0.2) is 48.8 Å². The van der Waals surface area contributed by atoms with Gasteiger partial charge in [-0.05, 0) is 24.3 Å². The van der Waals surface area contributed by atoms with Crippen LogP contribution in [0.5, 0.6) is 5.75 Å². The van der Waals surface area contributed by atoms with Crippen molar-refractivity contribution in [2.45, 2.75) is 6.42 Å². The van der Waals surface area contributed by atoms with E-state index in [0.29, 0.717) is 28.5 Å². The van der Waals surface area contributed by atoms with E-state index in [9.17, 15) is 14.4 Å². The number of rotatable bonds is 7. The maximum atomic E-state index is 12.6. The number of nitrogens with two attached hydrogens (primary N) is 1. The number of primary amides is 1. The fraction of sp³-hybridized carbons (Fsp3) is 0.158. The largest absolute Gasteiger partial charge is 0.497 e. The summed E-state index contributed by atoms with van der Waals surface area (Å²) in [6, 6.07) is 9.63. The Hall–Kier alpha value is -4.08. The van der Waals surface area contributed by atoms with E-state index in [0.717, 1.165) is 0 Å². The fourth-order valence-electron chi connectivity index (χ4n) is 2.60. The van der Waals surface area contributed by atoms with Crippen LogP contribution in [0.25, 0.3) is 5.65 Å². The predicted molar refractivity (Wildman–Crippen MR) is 107 cm³/mol. The van der Waals surface area contributed by atoms with Crippen molar-refractivity contribution in [1.29, 1.82) is 0 Å². The number of hydrogen-bond donors (Lipinski definition) is 4. The number of ether oxygens (including phenoxy) is 1. The Morgan fingerprint density at radius 3 is 2.62 bits per heavy atom. The number of imidazole rings is 1. The Morgan fingerprint density at radius 1 is 1.14 bits per heavy atom. The summed E-state index contributed by atoms with van der Waals surface area (Å²) in [6.07, 6.45) is 3.22. The van der Waals surface area contributed by atoms with Crippen LogP contribution in [0.1, 0.15) is 16.9 Å². The van der Waals surface area contributed by atoms with E-state index >= 15 is 0 Å². The van der Waals surface area contributed by atoms with Gasteiger partial charge in [-0.3, -0.25) is 14.0 Å². The molecule has 0 aliphatic rings. The van der Waals surface area contributed by atoms with Crippen LogP contribution in [-0.2, 0) is 4.79 Å². The van der Waals surface area contributed by atoms with Crippen LogP contribution < -0.4 is 26.4 Å². The number of pyridine rings is 1. The van der Waals surface area contributed by atoms with Crippen molar-refractivity contribution >= 4 is 34.9 Å². The number of methoxy groups -OCH3 is 1.